The summed E-state index contributed by atoms with van der Waals surface area (Å²) < 4.78 is 0. The van der Waals surface area contributed by atoms with E-state index in [1.165, 1.54) is 42.6 Å². The van der Waals surface area contributed by atoms with Crippen molar-refractivity contribution in [3.8, 4) is 0 Å². The monoisotopic (exact) mass is 371 g/mol. The smallest absolute Gasteiger partial charge is 0.218 e. The molecule has 0 aromatic heterocycles. The third-order valence-corrected chi connectivity index (χ3v) is 7.13. The van der Waals surface area contributed by atoms with Crippen molar-refractivity contribution in [2.45, 2.75) is 56.6 Å². The van der Waals surface area contributed by atoms with Crippen molar-refractivity contribution in [3.63, 3.8) is 0 Å². The summed E-state index contributed by atoms with van der Waals surface area (Å²) in [5, 5.41) is 0.458. The molecular formula is C22H29NO2S. The molecule has 0 saturated heterocycles. The molecular weight excluding hydrogens is 342 g/mol. The van der Waals surface area contributed by atoms with E-state index in [1.807, 2.05) is 17.8 Å². The molecule has 4 heteroatoms. The minimum absolute atomic E-state index is 0.131. The van der Waals surface area contributed by atoms with Crippen molar-refractivity contribution >= 4 is 24.0 Å². The Hall–Kier alpha value is -1.55. The van der Waals surface area contributed by atoms with Crippen LogP contribution in [0.4, 0.5) is 0 Å². The van der Waals surface area contributed by atoms with Crippen molar-refractivity contribution in [3.05, 3.63) is 46.9 Å². The molecule has 1 saturated carbocycles. The molecule has 3 nitrogen and oxygen atoms in total. The lowest BCUT2D eigenvalue weighted by molar-refractivity contribution is -0.122. The second-order valence-corrected chi connectivity index (χ2v) is 9.08. The second-order valence-electron chi connectivity index (χ2n) is 7.70. The van der Waals surface area contributed by atoms with E-state index in [9.17, 15) is 9.59 Å². The maximum atomic E-state index is 11.6. The maximum Gasteiger partial charge on any atom is 0.218 e. The highest BCUT2D eigenvalue weighted by Gasteiger charge is 2.32. The lowest BCUT2D eigenvalue weighted by Gasteiger charge is -2.35. The highest BCUT2D eigenvalue weighted by Crippen LogP contribution is 2.45. The van der Waals surface area contributed by atoms with Crippen LogP contribution in [0.5, 0.6) is 0 Å². The normalized spacial score (nSPS) is 25.3. The molecule has 1 aromatic carbocycles. The minimum atomic E-state index is -0.382. The number of primary amides is 1. The zero-order valence-corrected chi connectivity index (χ0v) is 16.1. The van der Waals surface area contributed by atoms with Crippen LogP contribution in [0.15, 0.2) is 41.3 Å². The van der Waals surface area contributed by atoms with E-state index in [4.69, 9.17) is 5.73 Å². The summed E-state index contributed by atoms with van der Waals surface area (Å²) in [4.78, 5) is 24.5. The van der Waals surface area contributed by atoms with E-state index in [0.717, 1.165) is 19.1 Å². The van der Waals surface area contributed by atoms with Gasteiger partial charge in [0.1, 0.15) is 6.29 Å². The molecule has 3 rings (SSSR count). The van der Waals surface area contributed by atoms with Gasteiger partial charge in [-0.25, -0.2) is 0 Å². The Bertz CT molecular complexity index is 637. The fourth-order valence-corrected chi connectivity index (χ4v) is 5.98. The number of thioether (sulfide) groups is 1. The van der Waals surface area contributed by atoms with Gasteiger partial charge in [0.15, 0.2) is 0 Å². The number of carbonyl (C=O) groups is 2. The molecule has 140 valence electrons. The van der Waals surface area contributed by atoms with E-state index >= 15 is 0 Å². The van der Waals surface area contributed by atoms with E-state index in [2.05, 4.69) is 30.3 Å². The fourth-order valence-electron chi connectivity index (χ4n) is 4.31. The van der Waals surface area contributed by atoms with Gasteiger partial charge in [-0.3, -0.25) is 4.79 Å². The maximum absolute atomic E-state index is 11.6. The molecule has 0 bridgehead atoms. The number of aldehydes is 1. The van der Waals surface area contributed by atoms with Gasteiger partial charge in [0.25, 0.3) is 0 Å². The Balaban J connectivity index is 1.78. The number of benzene rings is 1. The highest BCUT2D eigenvalue weighted by atomic mass is 32.2. The van der Waals surface area contributed by atoms with Gasteiger partial charge >= 0.3 is 0 Å². The Morgan fingerprint density at radius 1 is 1.19 bits per heavy atom. The summed E-state index contributed by atoms with van der Waals surface area (Å²) >= 11 is 2.01. The van der Waals surface area contributed by atoms with E-state index in [-0.39, 0.29) is 24.2 Å². The third-order valence-electron chi connectivity index (χ3n) is 5.69. The Kier molecular flexibility index (Phi) is 6.95. The van der Waals surface area contributed by atoms with E-state index < -0.39 is 0 Å². The summed E-state index contributed by atoms with van der Waals surface area (Å²) in [6, 6.07) is 10.6. The molecule has 1 aliphatic heterocycles. The van der Waals surface area contributed by atoms with Crippen molar-refractivity contribution in [2.75, 3.05) is 0 Å². The number of allylic oxidation sites excluding steroid dienone is 2. The van der Waals surface area contributed by atoms with Crippen LogP contribution in [0.3, 0.4) is 0 Å². The number of carbonyl (C=O) groups excluding carboxylic acids is 2. The molecule has 2 aliphatic rings. The zero-order valence-electron chi connectivity index (χ0n) is 15.3. The van der Waals surface area contributed by atoms with Gasteiger partial charge < -0.3 is 10.5 Å². The standard InChI is InChI=1S/C22H29NO2S/c23-22(25)14-19(15-24)18-12-20(11-16-7-3-1-4-8-16)26-21(13-18)17-9-5-2-6-10-17/h1,3-4,7-8,13,15,17-20H,2,5-6,9-12,14H2,(H2,23,25). The van der Waals surface area contributed by atoms with Gasteiger partial charge in [-0.2, -0.15) is 0 Å². The largest absolute Gasteiger partial charge is 0.370 e. The van der Waals surface area contributed by atoms with Gasteiger partial charge in [-0.05, 0) is 48.0 Å². The Labute approximate surface area is 160 Å². The average Bonchev–Trinajstić information content (AvgIpc) is 2.67. The number of hydrogen-bond donors (Lipinski definition) is 1. The first-order valence-corrected chi connectivity index (χ1v) is 10.7. The van der Waals surface area contributed by atoms with Crippen molar-refractivity contribution in [2.24, 2.45) is 23.5 Å². The quantitative estimate of drug-likeness (QED) is 0.718. The molecule has 3 atom stereocenters. The molecule has 1 aliphatic carbocycles. The predicted octanol–water partition coefficient (Wildman–Crippen LogP) is 4.51. The topological polar surface area (TPSA) is 60.2 Å². The number of hydrogen-bond acceptors (Lipinski definition) is 3. The molecule has 2 N–H and O–H groups in total. The van der Waals surface area contributed by atoms with Gasteiger partial charge in [0.05, 0.1) is 0 Å². The van der Waals surface area contributed by atoms with Crippen LogP contribution < -0.4 is 5.73 Å². The lowest BCUT2D eigenvalue weighted by atomic mass is 9.82. The van der Waals surface area contributed by atoms with Crippen molar-refractivity contribution < 1.29 is 9.59 Å². The molecule has 1 fully saturated rings. The zero-order chi connectivity index (χ0) is 18.4. The highest BCUT2D eigenvalue weighted by molar-refractivity contribution is 8.03. The van der Waals surface area contributed by atoms with Crippen LogP contribution in [-0.2, 0) is 16.0 Å². The first-order chi connectivity index (χ1) is 12.7. The number of amides is 1. The SMILES string of the molecule is NC(=O)CC(C=O)C1C=C(C2CCCCC2)SC(Cc2ccccc2)C1. The molecule has 1 aromatic rings. The van der Waals surface area contributed by atoms with Crippen molar-refractivity contribution in [1.29, 1.82) is 0 Å². The first kappa shape index (κ1) is 19.2. The number of rotatable bonds is 7. The van der Waals surface area contributed by atoms with Gasteiger partial charge in [0.2, 0.25) is 5.91 Å². The lowest BCUT2D eigenvalue weighted by Crippen LogP contribution is -2.29. The molecule has 1 heterocycles. The van der Waals surface area contributed by atoms with Crippen LogP contribution in [0.1, 0.15) is 50.5 Å². The Morgan fingerprint density at radius 2 is 1.92 bits per heavy atom. The summed E-state index contributed by atoms with van der Waals surface area (Å²) in [6.45, 7) is 0. The summed E-state index contributed by atoms with van der Waals surface area (Å²) in [6.07, 6.45) is 11.8. The van der Waals surface area contributed by atoms with Crippen LogP contribution >= 0.6 is 11.8 Å². The summed E-state index contributed by atoms with van der Waals surface area (Å²) in [5.41, 5.74) is 6.73. The van der Waals surface area contributed by atoms with E-state index in [1.54, 1.807) is 0 Å². The average molecular weight is 372 g/mol. The minimum Gasteiger partial charge on any atom is -0.370 e. The molecule has 0 radical (unpaired) electrons. The predicted molar refractivity (Wildman–Crippen MR) is 108 cm³/mol. The van der Waals surface area contributed by atoms with Crippen LogP contribution in [-0.4, -0.2) is 17.4 Å². The molecule has 26 heavy (non-hydrogen) atoms. The third kappa shape index (κ3) is 5.23. The summed E-state index contributed by atoms with van der Waals surface area (Å²) in [5.74, 6) is 0.0976. The fraction of sp³-hybridized carbons (Fsp3) is 0.545. The molecule has 0 spiro atoms. The van der Waals surface area contributed by atoms with Gasteiger partial charge in [-0.15, -0.1) is 11.8 Å². The van der Waals surface area contributed by atoms with E-state index in [0.29, 0.717) is 11.2 Å². The first-order valence-electron chi connectivity index (χ1n) is 9.81. The van der Waals surface area contributed by atoms with Crippen LogP contribution in [0.2, 0.25) is 0 Å². The molecule has 3 unspecified atom stereocenters. The summed E-state index contributed by atoms with van der Waals surface area (Å²) in [7, 11) is 0. The molecule has 1 amide bonds. The van der Waals surface area contributed by atoms with Gasteiger partial charge in [-0.1, -0.05) is 55.7 Å². The van der Waals surface area contributed by atoms with Crippen LogP contribution in [0, 0.1) is 17.8 Å². The van der Waals surface area contributed by atoms with Crippen LogP contribution in [0.25, 0.3) is 0 Å². The Morgan fingerprint density at radius 3 is 2.58 bits per heavy atom. The number of nitrogens with two attached hydrogens (primary N) is 1. The van der Waals surface area contributed by atoms with Crippen molar-refractivity contribution in [1.82, 2.24) is 0 Å². The van der Waals surface area contributed by atoms with Gasteiger partial charge in [0, 0.05) is 17.6 Å². The second kappa shape index (κ2) is 9.40.